The second kappa shape index (κ2) is 15.4. The van der Waals surface area contributed by atoms with Crippen molar-refractivity contribution in [3.8, 4) is 0 Å². The molecule has 1 heterocycles. The summed E-state index contributed by atoms with van der Waals surface area (Å²) in [6.07, 6.45) is -0.460. The van der Waals surface area contributed by atoms with Crippen molar-refractivity contribution in [3.05, 3.63) is 60.7 Å². The maximum atomic E-state index is 14.0. The predicted molar refractivity (Wildman–Crippen MR) is 175 cm³/mol. The number of alkyl halides is 3. The van der Waals surface area contributed by atoms with E-state index in [1.54, 1.807) is 13.8 Å². The van der Waals surface area contributed by atoms with Crippen LogP contribution in [0.5, 0.6) is 0 Å². The summed E-state index contributed by atoms with van der Waals surface area (Å²) in [6.45, 7) is 9.39. The van der Waals surface area contributed by atoms with Crippen LogP contribution in [0.1, 0.15) is 47.5 Å². The van der Waals surface area contributed by atoms with Crippen molar-refractivity contribution in [1.82, 2.24) is 15.8 Å². The molecule has 1 saturated heterocycles. The van der Waals surface area contributed by atoms with Crippen molar-refractivity contribution < 1.29 is 28.7 Å². The largest absolute Gasteiger partial charge is 0.460 e. The zero-order chi connectivity index (χ0) is 32.7. The Morgan fingerprint density at radius 3 is 2.05 bits per heavy atom. The van der Waals surface area contributed by atoms with E-state index in [1.165, 1.54) is 5.01 Å². The number of carbonyl (C=O) groups is 3. The molecule has 9 nitrogen and oxygen atoms in total. The Hall–Kier alpha value is -2.18. The van der Waals surface area contributed by atoms with Gasteiger partial charge in [0.15, 0.2) is 0 Å². The van der Waals surface area contributed by atoms with Crippen LogP contribution in [0.25, 0.3) is 0 Å². The number of hydrazine groups is 1. The van der Waals surface area contributed by atoms with Crippen LogP contribution in [0.15, 0.2) is 60.7 Å². The number of carbonyl (C=O) groups excluding carboxylic acids is 3. The number of aliphatic hydroxyl groups is 1. The SMILES string of the molecule is CC(C)C(O)C(=O)NC(CO[Si](c1ccccc1)(c1ccccc1)C(C)(C)C)C(=O)N1CCCC(C(=O)OCC(Cl)(Cl)Cl)N1. The van der Waals surface area contributed by atoms with Crippen molar-refractivity contribution >= 4 is 71.3 Å². The molecule has 0 bridgehead atoms. The molecule has 44 heavy (non-hydrogen) atoms. The molecule has 0 aliphatic carbocycles. The quantitative estimate of drug-likeness (QED) is 0.188. The molecule has 2 aromatic carbocycles. The van der Waals surface area contributed by atoms with E-state index in [0.29, 0.717) is 12.8 Å². The number of amides is 2. The van der Waals surface area contributed by atoms with E-state index in [0.717, 1.165) is 10.4 Å². The number of nitrogens with one attached hydrogen (secondary N) is 2. The molecule has 3 rings (SSSR count). The molecule has 3 N–H and O–H groups in total. The fourth-order valence-corrected chi connectivity index (χ4v) is 10.00. The van der Waals surface area contributed by atoms with Gasteiger partial charge < -0.3 is 19.6 Å². The number of halogens is 3. The highest BCUT2D eigenvalue weighted by molar-refractivity contribution is 6.99. The van der Waals surface area contributed by atoms with Gasteiger partial charge in [-0.05, 0) is 34.2 Å². The summed E-state index contributed by atoms with van der Waals surface area (Å²) in [5.74, 6) is -2.27. The molecular formula is C31H42Cl3N3O6Si. The number of nitrogens with zero attached hydrogens (tertiary/aromatic N) is 1. The molecular weight excluding hydrogens is 645 g/mol. The van der Waals surface area contributed by atoms with Gasteiger partial charge in [-0.15, -0.1) is 0 Å². The minimum atomic E-state index is -3.08. The van der Waals surface area contributed by atoms with E-state index >= 15 is 0 Å². The molecule has 0 radical (unpaired) electrons. The summed E-state index contributed by atoms with van der Waals surface area (Å²) in [5.41, 5.74) is 2.91. The molecule has 0 spiro atoms. The lowest BCUT2D eigenvalue weighted by Gasteiger charge is -2.44. The highest BCUT2D eigenvalue weighted by Gasteiger charge is 2.51. The summed E-state index contributed by atoms with van der Waals surface area (Å²) in [4.78, 5) is 39.8. The van der Waals surface area contributed by atoms with Crippen LogP contribution in [-0.2, 0) is 23.5 Å². The average molecular weight is 687 g/mol. The summed E-state index contributed by atoms with van der Waals surface area (Å²) in [6, 6.07) is 17.8. The third-order valence-corrected chi connectivity index (χ3v) is 12.8. The standard InChI is InChI=1S/C31H42Cl3N3O6Si/c1-21(2)26(38)27(39)35-25(28(40)37-18-12-17-24(36-37)29(41)42-20-31(32,33)34)19-43-44(30(3,4)5,22-13-8-6-9-14-22)23-15-10-7-11-16-23/h6-11,13-16,21,24-26,36,38H,12,17-20H2,1-5H3,(H,35,39). The third kappa shape index (κ3) is 9.19. The van der Waals surface area contributed by atoms with Crippen LogP contribution in [0.4, 0.5) is 0 Å². The van der Waals surface area contributed by atoms with Crippen molar-refractivity contribution in [2.75, 3.05) is 19.8 Å². The lowest BCUT2D eigenvalue weighted by Crippen LogP contribution is -2.68. The average Bonchev–Trinajstić information content (AvgIpc) is 2.98. The van der Waals surface area contributed by atoms with Gasteiger partial charge in [-0.2, -0.15) is 0 Å². The smallest absolute Gasteiger partial charge is 0.325 e. The molecule has 3 unspecified atom stereocenters. The number of benzene rings is 2. The highest BCUT2D eigenvalue weighted by atomic mass is 35.6. The van der Waals surface area contributed by atoms with Gasteiger partial charge in [0.1, 0.15) is 24.8 Å². The van der Waals surface area contributed by atoms with Gasteiger partial charge in [-0.25, -0.2) is 5.43 Å². The third-order valence-electron chi connectivity index (χ3n) is 7.51. The van der Waals surface area contributed by atoms with Gasteiger partial charge in [0.05, 0.1) is 6.61 Å². The number of hydrogen-bond acceptors (Lipinski definition) is 7. The highest BCUT2D eigenvalue weighted by Crippen LogP contribution is 2.37. The topological polar surface area (TPSA) is 117 Å². The van der Waals surface area contributed by atoms with Gasteiger partial charge >= 0.3 is 5.97 Å². The maximum Gasteiger partial charge on any atom is 0.325 e. The van der Waals surface area contributed by atoms with E-state index in [1.807, 2.05) is 60.7 Å². The normalized spacial score (nSPS) is 17.6. The predicted octanol–water partition coefficient (Wildman–Crippen LogP) is 3.47. The first-order valence-electron chi connectivity index (χ1n) is 14.6. The molecule has 13 heteroatoms. The molecule has 1 fully saturated rings. The molecule has 242 valence electrons. The van der Waals surface area contributed by atoms with E-state index < -0.39 is 54.7 Å². The van der Waals surface area contributed by atoms with Gasteiger partial charge in [-0.3, -0.25) is 19.4 Å². The van der Waals surface area contributed by atoms with E-state index in [4.69, 9.17) is 44.0 Å². The van der Waals surface area contributed by atoms with Crippen LogP contribution < -0.4 is 21.1 Å². The Balaban J connectivity index is 1.95. The van der Waals surface area contributed by atoms with Gasteiger partial charge in [0.2, 0.25) is 9.70 Å². The maximum absolute atomic E-state index is 14.0. The summed E-state index contributed by atoms with van der Waals surface area (Å²) < 4.78 is 10.3. The number of hydrogen-bond donors (Lipinski definition) is 3. The minimum absolute atomic E-state index is 0.177. The lowest BCUT2D eigenvalue weighted by molar-refractivity contribution is -0.153. The first-order valence-corrected chi connectivity index (χ1v) is 17.7. The van der Waals surface area contributed by atoms with Crippen molar-refractivity contribution in [2.45, 2.75) is 74.5 Å². The first kappa shape index (κ1) is 36.3. The van der Waals surface area contributed by atoms with Crippen LogP contribution in [-0.4, -0.2) is 78.0 Å². The Labute approximate surface area is 275 Å². The molecule has 1 aliphatic heterocycles. The fourth-order valence-electron chi connectivity index (χ4n) is 5.26. The Morgan fingerprint density at radius 1 is 1.02 bits per heavy atom. The molecule has 0 aromatic heterocycles. The second-order valence-corrected chi connectivity index (χ2v) is 19.1. The molecule has 0 saturated carbocycles. The van der Waals surface area contributed by atoms with Crippen molar-refractivity contribution in [1.29, 1.82) is 0 Å². The molecule has 2 amide bonds. The molecule has 3 atom stereocenters. The summed E-state index contributed by atoms with van der Waals surface area (Å²) in [7, 11) is -3.08. The van der Waals surface area contributed by atoms with Crippen LogP contribution in [0.2, 0.25) is 5.04 Å². The van der Waals surface area contributed by atoms with Crippen LogP contribution >= 0.6 is 34.8 Å². The number of ether oxygens (including phenoxy) is 1. The number of rotatable bonds is 11. The van der Waals surface area contributed by atoms with Crippen LogP contribution in [0.3, 0.4) is 0 Å². The molecule has 1 aliphatic rings. The molecule has 2 aromatic rings. The van der Waals surface area contributed by atoms with E-state index in [2.05, 4.69) is 31.5 Å². The van der Waals surface area contributed by atoms with Crippen molar-refractivity contribution in [2.24, 2.45) is 5.92 Å². The number of esters is 1. The zero-order valence-corrected chi connectivity index (χ0v) is 29.0. The van der Waals surface area contributed by atoms with Crippen molar-refractivity contribution in [3.63, 3.8) is 0 Å². The summed E-state index contributed by atoms with van der Waals surface area (Å²) in [5, 5.41) is 16.1. The van der Waals surface area contributed by atoms with E-state index in [9.17, 15) is 19.5 Å². The summed E-state index contributed by atoms with van der Waals surface area (Å²) >= 11 is 17.2. The zero-order valence-electron chi connectivity index (χ0n) is 25.7. The van der Waals surface area contributed by atoms with Gasteiger partial charge in [0, 0.05) is 6.54 Å². The Bertz CT molecular complexity index is 1220. The Morgan fingerprint density at radius 2 is 1.57 bits per heavy atom. The fraction of sp³-hybridized carbons (Fsp3) is 0.516. The monoisotopic (exact) mass is 685 g/mol. The van der Waals surface area contributed by atoms with Gasteiger partial charge in [0.25, 0.3) is 14.2 Å². The first-order chi connectivity index (χ1) is 20.6. The van der Waals surface area contributed by atoms with E-state index in [-0.39, 0.29) is 24.1 Å². The van der Waals surface area contributed by atoms with Gasteiger partial charge in [-0.1, -0.05) is 130 Å². The minimum Gasteiger partial charge on any atom is -0.460 e. The number of aliphatic hydroxyl groups excluding tert-OH is 1. The lowest BCUT2D eigenvalue weighted by atomic mass is 10.1. The second-order valence-electron chi connectivity index (χ2n) is 12.3. The Kier molecular flexibility index (Phi) is 12.7. The van der Waals surface area contributed by atoms with Crippen LogP contribution in [0, 0.1) is 5.92 Å².